The fourth-order valence-corrected chi connectivity index (χ4v) is 4.79. The highest BCUT2D eigenvalue weighted by Crippen LogP contribution is 2.35. The zero-order chi connectivity index (χ0) is 21.1. The predicted molar refractivity (Wildman–Crippen MR) is 109 cm³/mol. The van der Waals surface area contributed by atoms with Gasteiger partial charge in [-0.15, -0.1) is 0 Å². The summed E-state index contributed by atoms with van der Waals surface area (Å²) >= 11 is 0. The summed E-state index contributed by atoms with van der Waals surface area (Å²) in [6.07, 6.45) is 7.97. The lowest BCUT2D eigenvalue weighted by Crippen LogP contribution is -2.44. The van der Waals surface area contributed by atoms with E-state index in [4.69, 9.17) is 4.74 Å². The molecule has 0 radical (unpaired) electrons. The van der Waals surface area contributed by atoms with Gasteiger partial charge < -0.3 is 10.1 Å². The van der Waals surface area contributed by atoms with Gasteiger partial charge in [-0.25, -0.2) is 4.79 Å². The lowest BCUT2D eigenvalue weighted by Gasteiger charge is -2.19. The van der Waals surface area contributed by atoms with Gasteiger partial charge in [0, 0.05) is 18.5 Å². The van der Waals surface area contributed by atoms with Crippen molar-refractivity contribution in [1.82, 2.24) is 10.2 Å². The Bertz CT molecular complexity index is 872. The first kappa shape index (κ1) is 20.6. The highest BCUT2D eigenvalue weighted by Gasteiger charge is 2.52. The number of amides is 3. The highest BCUT2D eigenvalue weighted by molar-refractivity contribution is 6.07. The van der Waals surface area contributed by atoms with Crippen LogP contribution in [0, 0.1) is 0 Å². The molecule has 7 heteroatoms. The molecule has 160 valence electrons. The van der Waals surface area contributed by atoms with Gasteiger partial charge in [0.1, 0.15) is 5.54 Å². The maximum atomic E-state index is 12.6. The van der Waals surface area contributed by atoms with Gasteiger partial charge in [-0.3, -0.25) is 19.3 Å². The Balaban J connectivity index is 1.21. The van der Waals surface area contributed by atoms with Gasteiger partial charge in [0.15, 0.2) is 12.4 Å². The highest BCUT2D eigenvalue weighted by atomic mass is 16.5. The van der Waals surface area contributed by atoms with Crippen LogP contribution in [0.3, 0.4) is 0 Å². The van der Waals surface area contributed by atoms with Crippen LogP contribution >= 0.6 is 0 Å². The molecule has 3 amide bonds. The quantitative estimate of drug-likeness (QED) is 0.422. The van der Waals surface area contributed by atoms with Crippen molar-refractivity contribution in [3.8, 4) is 0 Å². The van der Waals surface area contributed by atoms with Crippen molar-refractivity contribution >= 4 is 23.7 Å². The molecule has 0 unspecified atom stereocenters. The molecule has 1 aromatic rings. The van der Waals surface area contributed by atoms with Crippen LogP contribution in [0.15, 0.2) is 18.2 Å². The third kappa shape index (κ3) is 4.11. The van der Waals surface area contributed by atoms with Crippen molar-refractivity contribution in [3.05, 3.63) is 34.9 Å². The van der Waals surface area contributed by atoms with E-state index in [1.54, 1.807) is 6.07 Å². The number of rotatable bonds is 7. The number of carbonyl (C=O) groups excluding carboxylic acids is 4. The van der Waals surface area contributed by atoms with Crippen LogP contribution in [-0.2, 0) is 27.2 Å². The van der Waals surface area contributed by atoms with Crippen molar-refractivity contribution in [2.24, 2.45) is 0 Å². The van der Waals surface area contributed by atoms with Crippen LogP contribution in [0.2, 0.25) is 0 Å². The van der Waals surface area contributed by atoms with Gasteiger partial charge in [-0.05, 0) is 62.1 Å². The Morgan fingerprint density at radius 3 is 2.53 bits per heavy atom. The molecule has 1 saturated carbocycles. The number of hydrogen-bond donors (Lipinski definition) is 1. The van der Waals surface area contributed by atoms with Gasteiger partial charge in [-0.1, -0.05) is 25.0 Å². The first-order chi connectivity index (χ1) is 14.5. The number of ketones is 1. The molecule has 0 bridgehead atoms. The molecule has 2 aliphatic carbocycles. The summed E-state index contributed by atoms with van der Waals surface area (Å²) < 4.78 is 5.12. The maximum Gasteiger partial charge on any atom is 0.325 e. The smallest absolute Gasteiger partial charge is 0.325 e. The number of benzene rings is 1. The molecule has 0 atom stereocenters. The first-order valence-electron chi connectivity index (χ1n) is 10.9. The van der Waals surface area contributed by atoms with Crippen molar-refractivity contribution in [3.63, 3.8) is 0 Å². The molecule has 3 aliphatic rings. The van der Waals surface area contributed by atoms with E-state index in [9.17, 15) is 19.2 Å². The fraction of sp³-hybridized carbons (Fsp3) is 0.565. The Kier molecular flexibility index (Phi) is 5.88. The molecular formula is C23H28N2O5. The number of esters is 1. The molecule has 1 saturated heterocycles. The molecule has 1 aliphatic heterocycles. The number of imide groups is 1. The molecule has 2 fully saturated rings. The predicted octanol–water partition coefficient (Wildman–Crippen LogP) is 2.94. The van der Waals surface area contributed by atoms with Crippen molar-refractivity contribution in [2.75, 3.05) is 13.2 Å². The minimum Gasteiger partial charge on any atom is -0.457 e. The number of fused-ring (bicyclic) bond motifs is 1. The van der Waals surface area contributed by atoms with Gasteiger partial charge in [0.2, 0.25) is 0 Å². The summed E-state index contributed by atoms with van der Waals surface area (Å²) in [7, 11) is 0. The van der Waals surface area contributed by atoms with Gasteiger partial charge in [0.05, 0.1) is 0 Å². The molecule has 1 heterocycles. The van der Waals surface area contributed by atoms with Crippen LogP contribution in [0.1, 0.15) is 72.9 Å². The second kappa shape index (κ2) is 8.58. The van der Waals surface area contributed by atoms with Crippen LogP contribution in [0.5, 0.6) is 0 Å². The number of Topliss-reactive ketones (excluding diaryl/α,β-unsaturated/α-hetero) is 1. The monoisotopic (exact) mass is 412 g/mol. The number of ether oxygens (including phenoxy) is 1. The minimum atomic E-state index is -0.723. The molecule has 1 spiro atoms. The fourth-order valence-electron chi connectivity index (χ4n) is 4.79. The van der Waals surface area contributed by atoms with Crippen molar-refractivity contribution in [1.29, 1.82) is 0 Å². The minimum absolute atomic E-state index is 0.0571. The Labute approximate surface area is 176 Å². The Hall–Kier alpha value is -2.70. The molecule has 1 N–H and O–H groups in total. The topological polar surface area (TPSA) is 92.8 Å². The molecule has 30 heavy (non-hydrogen) atoms. The van der Waals surface area contributed by atoms with E-state index < -0.39 is 11.5 Å². The molecule has 1 aromatic carbocycles. The lowest BCUT2D eigenvalue weighted by atomic mass is 9.90. The van der Waals surface area contributed by atoms with E-state index in [-0.39, 0.29) is 37.3 Å². The maximum absolute atomic E-state index is 12.6. The second-order valence-corrected chi connectivity index (χ2v) is 8.55. The van der Waals surface area contributed by atoms with Gasteiger partial charge in [-0.2, -0.15) is 0 Å². The van der Waals surface area contributed by atoms with E-state index in [0.29, 0.717) is 24.8 Å². The van der Waals surface area contributed by atoms with E-state index in [1.807, 2.05) is 12.1 Å². The normalized spacial score (nSPS) is 19.7. The number of hydrogen-bond acceptors (Lipinski definition) is 5. The van der Waals surface area contributed by atoms with E-state index in [1.165, 1.54) is 22.4 Å². The van der Waals surface area contributed by atoms with Gasteiger partial charge >= 0.3 is 12.0 Å². The van der Waals surface area contributed by atoms with Crippen molar-refractivity contribution < 1.29 is 23.9 Å². The second-order valence-electron chi connectivity index (χ2n) is 8.55. The number of nitrogens with zero attached hydrogens (tertiary/aromatic N) is 1. The number of aryl methyl sites for hydroxylation is 2. The standard InChI is InChI=1S/C23H28N2O5/c26-19(18-10-9-16-6-1-2-7-17(16)14-18)15-30-20(27)8-5-13-25-21(28)23(24-22(25)29)11-3-4-12-23/h9-10,14H,1-8,11-13,15H2,(H,24,29). The van der Waals surface area contributed by atoms with E-state index in [0.717, 1.165) is 32.1 Å². The zero-order valence-electron chi connectivity index (χ0n) is 17.2. The first-order valence-corrected chi connectivity index (χ1v) is 10.9. The number of urea groups is 1. The van der Waals surface area contributed by atoms with Crippen LogP contribution in [-0.4, -0.2) is 47.3 Å². The molecule has 4 rings (SSSR count). The van der Waals surface area contributed by atoms with Crippen LogP contribution < -0.4 is 5.32 Å². The molecular weight excluding hydrogens is 384 g/mol. The number of carbonyl (C=O) groups is 4. The Morgan fingerprint density at radius 1 is 1.03 bits per heavy atom. The third-order valence-electron chi connectivity index (χ3n) is 6.50. The zero-order valence-corrected chi connectivity index (χ0v) is 17.2. The van der Waals surface area contributed by atoms with Crippen molar-refractivity contribution in [2.45, 2.75) is 69.7 Å². The van der Waals surface area contributed by atoms with Gasteiger partial charge in [0.25, 0.3) is 5.91 Å². The summed E-state index contributed by atoms with van der Waals surface area (Å²) in [6.45, 7) is -0.107. The molecule has 0 aromatic heterocycles. The average Bonchev–Trinajstić information content (AvgIpc) is 3.31. The van der Waals surface area contributed by atoms with E-state index in [2.05, 4.69) is 5.32 Å². The summed E-state index contributed by atoms with van der Waals surface area (Å²) in [5, 5.41) is 2.82. The SMILES string of the molecule is O=C(CCCN1C(=O)NC2(CCCC2)C1=O)OCC(=O)c1ccc2c(c1)CCCC2. The Morgan fingerprint density at radius 2 is 1.77 bits per heavy atom. The third-order valence-corrected chi connectivity index (χ3v) is 6.50. The van der Waals surface area contributed by atoms with Crippen LogP contribution in [0.25, 0.3) is 0 Å². The largest absolute Gasteiger partial charge is 0.457 e. The van der Waals surface area contributed by atoms with E-state index >= 15 is 0 Å². The summed E-state index contributed by atoms with van der Waals surface area (Å²) in [5.74, 6) is -0.890. The summed E-state index contributed by atoms with van der Waals surface area (Å²) in [6, 6.07) is 5.34. The number of nitrogens with one attached hydrogen (secondary N) is 1. The lowest BCUT2D eigenvalue weighted by molar-refractivity contribution is -0.143. The summed E-state index contributed by atoms with van der Waals surface area (Å²) in [4.78, 5) is 50.3. The van der Waals surface area contributed by atoms with Crippen LogP contribution in [0.4, 0.5) is 4.79 Å². The average molecular weight is 412 g/mol. The molecule has 7 nitrogen and oxygen atoms in total. The summed E-state index contributed by atoms with van der Waals surface area (Å²) in [5.41, 5.74) is 2.37.